The highest BCUT2D eigenvalue weighted by Gasteiger charge is 2.57. The van der Waals surface area contributed by atoms with E-state index in [1.54, 1.807) is 152 Å². The van der Waals surface area contributed by atoms with E-state index in [1.165, 1.54) is 0 Å². The summed E-state index contributed by atoms with van der Waals surface area (Å²) in [6.07, 6.45) is -33.7. The second-order valence-corrected chi connectivity index (χ2v) is 22.0. The molecule has 3 aliphatic heterocycles. The Morgan fingerprint density at radius 1 is 0.359 bits per heavy atom. The molecule has 9 rings (SSSR count). The number of aliphatic hydroxyl groups excluding tert-OH is 8. The van der Waals surface area contributed by atoms with Crippen molar-refractivity contribution in [3.05, 3.63) is 179 Å². The Bertz CT molecular complexity index is 3100. The van der Waals surface area contributed by atoms with Gasteiger partial charge in [0, 0.05) is 6.54 Å². The number of carbonyl (C=O) groups is 5. The summed E-state index contributed by atoms with van der Waals surface area (Å²) < 4.78 is 64.9. The zero-order valence-electron chi connectivity index (χ0n) is 49.4. The second-order valence-electron chi connectivity index (χ2n) is 22.0. The van der Waals surface area contributed by atoms with Gasteiger partial charge in [-0.05, 0) is 34.2 Å². The normalized spacial score (nSPS) is 30.2. The Labute approximate surface area is 527 Å². The molecule has 0 spiro atoms. The lowest BCUT2D eigenvalue weighted by Gasteiger charge is -2.48. The van der Waals surface area contributed by atoms with Crippen LogP contribution in [-0.4, -0.2) is 207 Å². The summed E-state index contributed by atoms with van der Waals surface area (Å²) in [5.74, 6) is 0. The number of hydrogen-bond donors (Lipinski definition) is 13. The van der Waals surface area contributed by atoms with Crippen molar-refractivity contribution < 1.29 is 117 Å². The molecule has 29 heteroatoms. The Morgan fingerprint density at radius 3 is 1.11 bits per heavy atom. The Kier molecular flexibility index (Phi) is 24.8. The number of rotatable bonds is 24. The number of amides is 5. The molecule has 496 valence electrons. The summed E-state index contributed by atoms with van der Waals surface area (Å²) in [4.78, 5) is 67.6. The lowest BCUT2D eigenvalue weighted by molar-refractivity contribution is -0.314. The zero-order chi connectivity index (χ0) is 65.1. The van der Waals surface area contributed by atoms with Gasteiger partial charge >= 0.3 is 30.5 Å². The molecule has 4 fully saturated rings. The molecule has 5 amide bonds. The van der Waals surface area contributed by atoms with Gasteiger partial charge in [-0.1, -0.05) is 152 Å². The molecule has 3 saturated heterocycles. The fourth-order valence-corrected chi connectivity index (χ4v) is 10.7. The molecular weight excluding hydrogens is 1210 g/mol. The fourth-order valence-electron chi connectivity index (χ4n) is 10.7. The molecule has 0 aromatic heterocycles. The number of aliphatic hydroxyl groups is 8. The molecule has 3 heterocycles. The van der Waals surface area contributed by atoms with Crippen molar-refractivity contribution in [3.8, 4) is 0 Å². The summed E-state index contributed by atoms with van der Waals surface area (Å²) in [6, 6.07) is 36.4. The first-order chi connectivity index (χ1) is 44.5. The molecule has 5 aromatic rings. The van der Waals surface area contributed by atoms with Crippen molar-refractivity contribution in [2.45, 2.75) is 156 Å². The number of benzene rings is 5. The Hall–Kier alpha value is -8.11. The highest BCUT2D eigenvalue weighted by atomic mass is 16.8. The van der Waals surface area contributed by atoms with E-state index in [1.807, 2.05) is 0 Å². The van der Waals surface area contributed by atoms with E-state index in [2.05, 4.69) is 26.6 Å². The van der Waals surface area contributed by atoms with Crippen LogP contribution in [0.2, 0.25) is 0 Å². The van der Waals surface area contributed by atoms with Crippen molar-refractivity contribution in [1.82, 2.24) is 26.6 Å². The molecule has 29 nitrogen and oxygen atoms in total. The van der Waals surface area contributed by atoms with Crippen LogP contribution in [0.25, 0.3) is 0 Å². The standard InChI is InChI=1S/C63H75N5O24/c69-28-43-49(73)51(75)46(68-63(81)86-34-39-24-14-5-15-25-39)57(88-43)90-53-41(66-61(79)84-32-37-20-10-3-11-21-37)26-40(65-60(78)83-31-36-18-8-2-9-19-36)47(71)55(53)92-58-52(76)54(44(29-70)89-58)91-56-45(67-62(80)85-33-38-22-12-4-13-23-38)50(74)48(72)42(87-56)27-64-59(77)82-30-35-16-6-1-7-17-35/h1-25,40-58,69-76H,26-34H2,(H,64,77)(H,65,78)(H,66,79)(H,67,80)(H,68,81)/t40-,41+,42+,43-,44-,45-,46-,47+,48-,49-,50-,51-,52-,53-,54-,55-,56-,57-,58+/m1/s1. The van der Waals surface area contributed by atoms with Crippen molar-refractivity contribution in [3.63, 3.8) is 0 Å². The predicted octanol–water partition coefficient (Wildman–Crippen LogP) is 0.977. The summed E-state index contributed by atoms with van der Waals surface area (Å²) in [5, 5.41) is 105. The van der Waals surface area contributed by atoms with Crippen LogP contribution in [0, 0.1) is 0 Å². The minimum Gasteiger partial charge on any atom is -0.445 e. The van der Waals surface area contributed by atoms with Crippen LogP contribution in [0.1, 0.15) is 34.2 Å². The molecule has 0 radical (unpaired) electrons. The van der Waals surface area contributed by atoms with Crippen molar-refractivity contribution >= 4 is 30.5 Å². The summed E-state index contributed by atoms with van der Waals surface area (Å²) >= 11 is 0. The lowest BCUT2D eigenvalue weighted by atomic mass is 9.83. The van der Waals surface area contributed by atoms with E-state index in [0.717, 1.165) is 0 Å². The van der Waals surface area contributed by atoms with Gasteiger partial charge in [-0.15, -0.1) is 0 Å². The van der Waals surface area contributed by atoms with Crippen LogP contribution in [-0.2, 0) is 85.1 Å². The summed E-state index contributed by atoms with van der Waals surface area (Å²) in [6.45, 7) is -3.52. The van der Waals surface area contributed by atoms with Gasteiger partial charge in [-0.2, -0.15) is 0 Å². The van der Waals surface area contributed by atoms with Gasteiger partial charge in [0.2, 0.25) is 0 Å². The number of alkyl carbamates (subject to hydrolysis) is 5. The molecule has 1 saturated carbocycles. The first-order valence-electron chi connectivity index (χ1n) is 29.6. The van der Waals surface area contributed by atoms with Crippen LogP contribution < -0.4 is 26.6 Å². The molecule has 92 heavy (non-hydrogen) atoms. The van der Waals surface area contributed by atoms with E-state index in [0.29, 0.717) is 27.8 Å². The van der Waals surface area contributed by atoms with Gasteiger partial charge in [-0.3, -0.25) is 0 Å². The van der Waals surface area contributed by atoms with E-state index in [9.17, 15) is 64.8 Å². The molecule has 19 atom stereocenters. The van der Waals surface area contributed by atoms with E-state index >= 15 is 0 Å². The van der Waals surface area contributed by atoms with Gasteiger partial charge < -0.3 is 120 Å². The third-order valence-electron chi connectivity index (χ3n) is 15.6. The second kappa shape index (κ2) is 33.5. The maximum Gasteiger partial charge on any atom is 0.407 e. The van der Waals surface area contributed by atoms with E-state index in [4.69, 9.17) is 52.1 Å². The highest BCUT2D eigenvalue weighted by Crippen LogP contribution is 2.36. The SMILES string of the molecule is O=C(NC[C@@H]1O[C@H](O[C@H]2[C@@H](O)[C@H](O[C@@H]3[C@@H](O)[C@H](NC(=O)OCc4ccccc4)C[C@H](NC(=O)OCc4ccccc4)[C@H]3O[C@H]3O[C@H](CO)[C@@H](O)[C@H](O)[C@H]3NC(=O)OCc3ccccc3)O[C@@H]2CO)[C@H](NC(=O)OCc2ccccc2)[C@@H](O)[C@@H]1O)OCc1ccccc1. The Balaban J connectivity index is 1.01. The topological polar surface area (TPSA) is 409 Å². The molecule has 1 aliphatic carbocycles. The third kappa shape index (κ3) is 18.6. The fraction of sp³-hybridized carbons (Fsp3) is 0.444. The summed E-state index contributed by atoms with van der Waals surface area (Å²) in [5.41, 5.74) is 3.00. The van der Waals surface area contributed by atoms with Crippen molar-refractivity contribution in [2.24, 2.45) is 0 Å². The minimum absolute atomic E-state index is 0.130. The van der Waals surface area contributed by atoms with Crippen LogP contribution in [0.15, 0.2) is 152 Å². The number of nitrogens with one attached hydrogen (secondary N) is 5. The lowest BCUT2D eigenvalue weighted by Crippen LogP contribution is -2.70. The van der Waals surface area contributed by atoms with Crippen LogP contribution in [0.3, 0.4) is 0 Å². The highest BCUT2D eigenvalue weighted by molar-refractivity contribution is 5.70. The van der Waals surface area contributed by atoms with Crippen molar-refractivity contribution in [1.29, 1.82) is 0 Å². The number of hydrogen-bond acceptors (Lipinski definition) is 24. The van der Waals surface area contributed by atoms with Crippen LogP contribution >= 0.6 is 0 Å². The summed E-state index contributed by atoms with van der Waals surface area (Å²) in [7, 11) is 0. The van der Waals surface area contributed by atoms with Gasteiger partial charge in [-0.25, -0.2) is 24.0 Å². The minimum atomic E-state index is -2.08. The maximum absolute atomic E-state index is 14.0. The van der Waals surface area contributed by atoms with E-state index < -0.39 is 173 Å². The first-order valence-corrected chi connectivity index (χ1v) is 29.6. The van der Waals surface area contributed by atoms with Crippen LogP contribution in [0.5, 0.6) is 0 Å². The smallest absolute Gasteiger partial charge is 0.407 e. The third-order valence-corrected chi connectivity index (χ3v) is 15.6. The molecule has 0 unspecified atom stereocenters. The molecular formula is C63H75N5O24. The molecule has 0 bridgehead atoms. The van der Waals surface area contributed by atoms with E-state index in [-0.39, 0.29) is 33.0 Å². The molecule has 4 aliphatic rings. The van der Waals surface area contributed by atoms with Gasteiger partial charge in [0.15, 0.2) is 18.9 Å². The van der Waals surface area contributed by atoms with Crippen LogP contribution in [0.4, 0.5) is 24.0 Å². The first kappa shape index (κ1) is 68.3. The largest absolute Gasteiger partial charge is 0.445 e. The van der Waals surface area contributed by atoms with Gasteiger partial charge in [0.25, 0.3) is 0 Å². The number of ether oxygens (including phenoxy) is 11. The Morgan fingerprint density at radius 2 is 0.696 bits per heavy atom. The average Bonchev–Trinajstić information content (AvgIpc) is 1.27. The monoisotopic (exact) mass is 1290 g/mol. The van der Waals surface area contributed by atoms with Crippen molar-refractivity contribution in [2.75, 3.05) is 19.8 Å². The number of carbonyl (C=O) groups excluding carboxylic acids is 5. The van der Waals surface area contributed by atoms with Gasteiger partial charge in [0.1, 0.15) is 118 Å². The maximum atomic E-state index is 14.0. The molecule has 13 N–H and O–H groups in total. The quantitative estimate of drug-likeness (QED) is 0.0383. The van der Waals surface area contributed by atoms with Gasteiger partial charge in [0.05, 0.1) is 25.3 Å². The average molecular weight is 1290 g/mol. The molecule has 5 aromatic carbocycles. The zero-order valence-corrected chi connectivity index (χ0v) is 49.4. The predicted molar refractivity (Wildman–Crippen MR) is 314 cm³/mol.